The van der Waals surface area contributed by atoms with E-state index in [0.29, 0.717) is 0 Å². The molecule has 0 amide bonds. The Hall–Kier alpha value is -1.10. The molecule has 0 aliphatic rings. The summed E-state index contributed by atoms with van der Waals surface area (Å²) in [6.45, 7) is 0. The second-order valence-electron chi connectivity index (χ2n) is 2.59. The topological polar surface area (TPSA) is 67.0 Å². The van der Waals surface area contributed by atoms with Crippen LogP contribution in [-0.4, -0.2) is 19.7 Å². The molecule has 0 aliphatic heterocycles. The zero-order valence-electron chi connectivity index (χ0n) is 6.57. The summed E-state index contributed by atoms with van der Waals surface area (Å²) < 4.78 is 21.6. The number of rotatable bonds is 2. The minimum absolute atomic E-state index is 0.205. The van der Waals surface area contributed by atoms with Crippen LogP contribution in [0.3, 0.4) is 0 Å². The molecule has 0 radical (unpaired) electrons. The number of hydrogen-bond acceptors (Lipinski definition) is 3. The number of hydrogen-bond donors (Lipinski definition) is 1. The van der Waals surface area contributed by atoms with E-state index in [1.54, 1.807) is 6.07 Å². The summed E-state index contributed by atoms with van der Waals surface area (Å²) in [6.07, 6.45) is 2.56. The van der Waals surface area contributed by atoms with Gasteiger partial charge in [0.2, 0.25) is 0 Å². The van der Waals surface area contributed by atoms with Crippen molar-refractivity contribution in [3.8, 4) is 0 Å². The SMILES string of the molecule is CS(=O)(=O)Cc1ccc[nH]c1=O. The van der Waals surface area contributed by atoms with E-state index in [9.17, 15) is 13.2 Å². The average Bonchev–Trinajstić information content (AvgIpc) is 1.91. The Kier molecular flexibility index (Phi) is 2.32. The van der Waals surface area contributed by atoms with Gasteiger partial charge in [-0.05, 0) is 6.07 Å². The molecule has 1 aromatic heterocycles. The fraction of sp³-hybridized carbons (Fsp3) is 0.286. The summed E-state index contributed by atoms with van der Waals surface area (Å²) in [7, 11) is -3.12. The van der Waals surface area contributed by atoms with Crippen molar-refractivity contribution in [3.63, 3.8) is 0 Å². The van der Waals surface area contributed by atoms with Gasteiger partial charge in [-0.15, -0.1) is 0 Å². The number of H-pyrrole nitrogens is 1. The highest BCUT2D eigenvalue weighted by Crippen LogP contribution is 1.96. The van der Waals surface area contributed by atoms with Crippen molar-refractivity contribution in [2.24, 2.45) is 0 Å². The zero-order valence-corrected chi connectivity index (χ0v) is 7.39. The summed E-state index contributed by atoms with van der Waals surface area (Å²) >= 11 is 0. The quantitative estimate of drug-likeness (QED) is 0.704. The highest BCUT2D eigenvalue weighted by atomic mass is 32.2. The van der Waals surface area contributed by atoms with E-state index in [2.05, 4.69) is 4.98 Å². The van der Waals surface area contributed by atoms with E-state index in [1.807, 2.05) is 0 Å². The molecule has 0 spiro atoms. The first kappa shape index (κ1) is 8.99. The molecule has 0 aromatic carbocycles. The molecule has 4 nitrogen and oxygen atoms in total. The van der Waals surface area contributed by atoms with Gasteiger partial charge < -0.3 is 4.98 Å². The Morgan fingerprint density at radius 1 is 1.50 bits per heavy atom. The molecule has 1 rings (SSSR count). The maximum atomic E-state index is 11.0. The van der Waals surface area contributed by atoms with Crippen molar-refractivity contribution >= 4 is 9.84 Å². The molecule has 66 valence electrons. The van der Waals surface area contributed by atoms with Crippen LogP contribution in [0.2, 0.25) is 0 Å². The van der Waals surface area contributed by atoms with Crippen LogP contribution in [-0.2, 0) is 15.6 Å². The van der Waals surface area contributed by atoms with Crippen LogP contribution in [0.15, 0.2) is 23.1 Å². The van der Waals surface area contributed by atoms with Gasteiger partial charge in [-0.1, -0.05) is 6.07 Å². The standard InChI is InChI=1S/C7H9NO3S/c1-12(10,11)5-6-3-2-4-8-7(6)9/h2-4H,5H2,1H3,(H,8,9). The molecule has 0 unspecified atom stereocenters. The monoisotopic (exact) mass is 187 g/mol. The van der Waals surface area contributed by atoms with Gasteiger partial charge in [-0.3, -0.25) is 4.79 Å². The highest BCUT2D eigenvalue weighted by molar-refractivity contribution is 7.89. The Balaban J connectivity index is 3.07. The maximum absolute atomic E-state index is 11.0. The lowest BCUT2D eigenvalue weighted by Crippen LogP contribution is -2.14. The van der Waals surface area contributed by atoms with Crippen LogP contribution >= 0.6 is 0 Å². The van der Waals surface area contributed by atoms with Gasteiger partial charge >= 0.3 is 0 Å². The van der Waals surface area contributed by atoms with Crippen LogP contribution in [0.25, 0.3) is 0 Å². The van der Waals surface area contributed by atoms with Gasteiger partial charge in [-0.2, -0.15) is 0 Å². The minimum atomic E-state index is -3.12. The third-order valence-electron chi connectivity index (χ3n) is 1.32. The van der Waals surface area contributed by atoms with Crippen molar-refractivity contribution in [1.29, 1.82) is 0 Å². The number of sulfone groups is 1. The molecule has 1 N–H and O–H groups in total. The van der Waals surface area contributed by atoms with Crippen LogP contribution < -0.4 is 5.56 Å². The summed E-state index contributed by atoms with van der Waals surface area (Å²) in [5, 5.41) is 0. The van der Waals surface area contributed by atoms with Crippen LogP contribution in [0.1, 0.15) is 5.56 Å². The van der Waals surface area contributed by atoms with E-state index >= 15 is 0 Å². The van der Waals surface area contributed by atoms with Crippen molar-refractivity contribution < 1.29 is 8.42 Å². The Labute approximate surface area is 70.2 Å². The molecule has 5 heteroatoms. The second kappa shape index (κ2) is 3.10. The molecular weight excluding hydrogens is 178 g/mol. The number of pyridine rings is 1. The first-order valence-corrected chi connectivity index (χ1v) is 5.39. The Morgan fingerprint density at radius 3 is 2.67 bits per heavy atom. The molecule has 0 aliphatic carbocycles. The molecule has 0 atom stereocenters. The normalized spacial score (nSPS) is 11.4. The van der Waals surface area contributed by atoms with Gasteiger partial charge in [-0.25, -0.2) is 8.42 Å². The molecule has 1 heterocycles. The van der Waals surface area contributed by atoms with E-state index in [-0.39, 0.29) is 16.9 Å². The number of aromatic nitrogens is 1. The fourth-order valence-electron chi connectivity index (χ4n) is 0.853. The molecule has 0 saturated heterocycles. The van der Waals surface area contributed by atoms with Crippen LogP contribution in [0.4, 0.5) is 0 Å². The number of nitrogens with one attached hydrogen (secondary N) is 1. The van der Waals surface area contributed by atoms with Crippen molar-refractivity contribution in [3.05, 3.63) is 34.2 Å². The number of aromatic amines is 1. The Morgan fingerprint density at radius 2 is 2.17 bits per heavy atom. The van der Waals surface area contributed by atoms with Crippen LogP contribution in [0, 0.1) is 0 Å². The average molecular weight is 187 g/mol. The third kappa shape index (κ3) is 2.50. The van der Waals surface area contributed by atoms with Gasteiger partial charge in [0.15, 0.2) is 9.84 Å². The van der Waals surface area contributed by atoms with Gasteiger partial charge in [0.1, 0.15) is 0 Å². The molecule has 0 saturated carbocycles. The first-order chi connectivity index (χ1) is 5.49. The van der Waals surface area contributed by atoms with Crippen molar-refractivity contribution in [2.45, 2.75) is 5.75 Å². The summed E-state index contributed by atoms with van der Waals surface area (Å²) in [5.74, 6) is -0.205. The highest BCUT2D eigenvalue weighted by Gasteiger charge is 2.06. The Bertz CT molecular complexity index is 418. The lowest BCUT2D eigenvalue weighted by atomic mass is 10.3. The molecule has 1 aromatic rings. The van der Waals surface area contributed by atoms with Crippen LogP contribution in [0.5, 0.6) is 0 Å². The van der Waals surface area contributed by atoms with Gasteiger partial charge in [0.05, 0.1) is 5.75 Å². The minimum Gasteiger partial charge on any atom is -0.329 e. The third-order valence-corrected chi connectivity index (χ3v) is 2.15. The lowest BCUT2D eigenvalue weighted by molar-refractivity contribution is 0.601. The predicted molar refractivity (Wildman–Crippen MR) is 45.6 cm³/mol. The van der Waals surface area contributed by atoms with E-state index in [1.165, 1.54) is 12.3 Å². The summed E-state index contributed by atoms with van der Waals surface area (Å²) in [4.78, 5) is 13.4. The van der Waals surface area contributed by atoms with Gasteiger partial charge in [0.25, 0.3) is 5.56 Å². The summed E-state index contributed by atoms with van der Waals surface area (Å²) in [5.41, 5.74) is -0.0667. The van der Waals surface area contributed by atoms with Crippen molar-refractivity contribution in [2.75, 3.05) is 6.26 Å². The smallest absolute Gasteiger partial charge is 0.252 e. The predicted octanol–water partition coefficient (Wildman–Crippen LogP) is -0.0805. The largest absolute Gasteiger partial charge is 0.329 e. The van der Waals surface area contributed by atoms with Gasteiger partial charge in [0, 0.05) is 18.0 Å². The molecular formula is C7H9NO3S. The van der Waals surface area contributed by atoms with E-state index < -0.39 is 9.84 Å². The molecule has 0 bridgehead atoms. The fourth-order valence-corrected chi connectivity index (χ4v) is 1.64. The molecule has 0 fully saturated rings. The first-order valence-electron chi connectivity index (χ1n) is 3.33. The zero-order chi connectivity index (χ0) is 9.19. The second-order valence-corrected chi connectivity index (χ2v) is 4.73. The van der Waals surface area contributed by atoms with E-state index in [0.717, 1.165) is 6.26 Å². The van der Waals surface area contributed by atoms with E-state index in [4.69, 9.17) is 0 Å². The van der Waals surface area contributed by atoms with Crippen molar-refractivity contribution in [1.82, 2.24) is 4.98 Å². The molecule has 12 heavy (non-hydrogen) atoms. The maximum Gasteiger partial charge on any atom is 0.252 e. The summed E-state index contributed by atoms with van der Waals surface area (Å²) in [6, 6.07) is 3.10. The lowest BCUT2D eigenvalue weighted by Gasteiger charge is -1.95.